The maximum Gasteiger partial charge on any atom is 0.573 e. The van der Waals surface area contributed by atoms with Crippen LogP contribution in [0.1, 0.15) is 0 Å². The van der Waals surface area contributed by atoms with E-state index in [0.717, 1.165) is 12.1 Å². The molecular weight excluding hydrogens is 391 g/mol. The highest BCUT2D eigenvalue weighted by molar-refractivity contribution is 5.93. The monoisotopic (exact) mass is 412 g/mol. The minimum atomic E-state index is -4.78. The number of carbonyl (C=O) groups excluding carboxylic acids is 2. The molecule has 7 nitrogen and oxygen atoms in total. The average Bonchev–Trinajstić information content (AvgIpc) is 2.62. The highest BCUT2D eigenvalue weighted by atomic mass is 19.4. The number of rotatable bonds is 8. The maximum atomic E-state index is 12.1. The molecule has 2 aromatic carbocycles. The van der Waals surface area contributed by atoms with Crippen LogP contribution in [0.5, 0.6) is 11.5 Å². The van der Waals surface area contributed by atoms with Crippen molar-refractivity contribution in [1.29, 1.82) is 0 Å². The van der Waals surface area contributed by atoms with Crippen LogP contribution in [0.15, 0.2) is 48.5 Å². The Kier molecular flexibility index (Phi) is 7.43. The zero-order valence-corrected chi connectivity index (χ0v) is 15.8. The number of hydrogen-bond donors (Lipinski definition) is 3. The predicted octanol–water partition coefficient (Wildman–Crippen LogP) is 1.69. The third-order valence-electron chi connectivity index (χ3n) is 3.65. The van der Waals surface area contributed by atoms with Crippen LogP contribution in [0.4, 0.5) is 24.5 Å². The van der Waals surface area contributed by atoms with E-state index in [1.807, 2.05) is 0 Å². The Bertz CT molecular complexity index is 841. The van der Waals surface area contributed by atoms with Crippen molar-refractivity contribution >= 4 is 23.2 Å². The van der Waals surface area contributed by atoms with Crippen molar-refractivity contribution in [3.05, 3.63) is 48.5 Å². The van der Waals surface area contributed by atoms with E-state index in [4.69, 9.17) is 4.74 Å². The van der Waals surface area contributed by atoms with Gasteiger partial charge in [-0.1, -0.05) is 6.07 Å². The Balaban J connectivity index is 1.80. The molecule has 1 unspecified atom stereocenters. The van der Waals surface area contributed by atoms with Gasteiger partial charge in [-0.15, -0.1) is 13.2 Å². The summed E-state index contributed by atoms with van der Waals surface area (Å²) < 4.78 is 45.3. The standard InChI is InChI=1S/C19H20F3N3O4/c1-25(12-18(27)24-14-4-3-5-16(10-14)28-2)11-17(26)23-13-6-8-15(9-7-13)29-19(20,21)22/h3-10H,11-12H2,1-2H3,(H,23,26)(H,24,27)/p+1. The summed E-state index contributed by atoms with van der Waals surface area (Å²) in [5.74, 6) is -0.444. The first-order valence-corrected chi connectivity index (χ1v) is 8.55. The second-order valence-electron chi connectivity index (χ2n) is 6.21. The van der Waals surface area contributed by atoms with Crippen LogP contribution in [-0.4, -0.2) is 45.4 Å². The molecule has 3 N–H and O–H groups in total. The molecular formula is C19H21F3N3O4+. The first-order valence-electron chi connectivity index (χ1n) is 8.55. The first kappa shape index (κ1) is 22.0. The highest BCUT2D eigenvalue weighted by Crippen LogP contribution is 2.23. The molecule has 2 aromatic rings. The number of ether oxygens (including phenoxy) is 2. The molecule has 156 valence electrons. The summed E-state index contributed by atoms with van der Waals surface area (Å²) in [6.07, 6.45) is -4.78. The minimum absolute atomic E-state index is 0.00761. The van der Waals surface area contributed by atoms with E-state index in [1.165, 1.54) is 19.2 Å². The second-order valence-corrected chi connectivity index (χ2v) is 6.21. The number of benzene rings is 2. The molecule has 0 heterocycles. The van der Waals surface area contributed by atoms with Gasteiger partial charge >= 0.3 is 6.36 Å². The normalized spacial score (nSPS) is 12.0. The zero-order chi connectivity index (χ0) is 21.4. The molecule has 0 aliphatic heterocycles. The number of likely N-dealkylation sites (N-methyl/N-ethyl adjacent to an activating group) is 1. The van der Waals surface area contributed by atoms with E-state index in [0.29, 0.717) is 22.0 Å². The van der Waals surface area contributed by atoms with Gasteiger partial charge in [0.2, 0.25) is 0 Å². The molecule has 0 saturated heterocycles. The lowest BCUT2D eigenvalue weighted by atomic mass is 10.3. The van der Waals surface area contributed by atoms with Crippen molar-refractivity contribution in [2.45, 2.75) is 6.36 Å². The summed E-state index contributed by atoms with van der Waals surface area (Å²) in [7, 11) is 3.19. The maximum absolute atomic E-state index is 12.1. The van der Waals surface area contributed by atoms with Gasteiger partial charge in [0, 0.05) is 17.4 Å². The van der Waals surface area contributed by atoms with Gasteiger partial charge in [0.25, 0.3) is 11.8 Å². The Morgan fingerprint density at radius 3 is 2.07 bits per heavy atom. The van der Waals surface area contributed by atoms with Crippen molar-refractivity contribution < 1.29 is 37.1 Å². The van der Waals surface area contributed by atoms with E-state index < -0.39 is 6.36 Å². The van der Waals surface area contributed by atoms with Crippen molar-refractivity contribution in [2.75, 3.05) is 37.9 Å². The number of amides is 2. The minimum Gasteiger partial charge on any atom is -0.497 e. The van der Waals surface area contributed by atoms with Gasteiger partial charge in [-0.3, -0.25) is 9.59 Å². The van der Waals surface area contributed by atoms with Crippen LogP contribution in [0, 0.1) is 0 Å². The molecule has 0 aliphatic carbocycles. The van der Waals surface area contributed by atoms with Gasteiger partial charge in [0.05, 0.1) is 14.2 Å². The Hall–Kier alpha value is -3.27. The lowest BCUT2D eigenvalue weighted by Crippen LogP contribution is -3.11. The fourth-order valence-electron chi connectivity index (χ4n) is 2.46. The van der Waals surface area contributed by atoms with Crippen LogP contribution in [0.25, 0.3) is 0 Å². The molecule has 2 rings (SSSR count). The zero-order valence-electron chi connectivity index (χ0n) is 15.8. The number of hydrogen-bond acceptors (Lipinski definition) is 4. The lowest BCUT2D eigenvalue weighted by molar-refractivity contribution is -0.862. The fraction of sp³-hybridized carbons (Fsp3) is 0.263. The Labute approximate surface area is 165 Å². The Morgan fingerprint density at radius 1 is 0.931 bits per heavy atom. The molecule has 0 radical (unpaired) electrons. The number of anilines is 2. The molecule has 0 aliphatic rings. The van der Waals surface area contributed by atoms with Gasteiger partial charge in [-0.25, -0.2) is 0 Å². The fourth-order valence-corrected chi connectivity index (χ4v) is 2.46. The number of halogens is 3. The van der Waals surface area contributed by atoms with E-state index in [2.05, 4.69) is 15.4 Å². The van der Waals surface area contributed by atoms with Gasteiger partial charge in [-0.2, -0.15) is 0 Å². The highest BCUT2D eigenvalue weighted by Gasteiger charge is 2.31. The van der Waals surface area contributed by atoms with Crippen LogP contribution >= 0.6 is 0 Å². The van der Waals surface area contributed by atoms with E-state index >= 15 is 0 Å². The molecule has 10 heteroatoms. The molecule has 0 bridgehead atoms. The van der Waals surface area contributed by atoms with Crippen molar-refractivity contribution in [3.63, 3.8) is 0 Å². The molecule has 29 heavy (non-hydrogen) atoms. The van der Waals surface area contributed by atoms with Crippen LogP contribution in [-0.2, 0) is 9.59 Å². The molecule has 0 spiro atoms. The van der Waals surface area contributed by atoms with E-state index in [-0.39, 0.29) is 30.7 Å². The smallest absolute Gasteiger partial charge is 0.497 e. The van der Waals surface area contributed by atoms with Crippen molar-refractivity contribution in [2.24, 2.45) is 0 Å². The number of nitrogens with one attached hydrogen (secondary N) is 3. The quantitative estimate of drug-likeness (QED) is 0.617. The third kappa shape index (κ3) is 8.09. The molecule has 2 amide bonds. The van der Waals surface area contributed by atoms with E-state index in [9.17, 15) is 22.8 Å². The number of alkyl halides is 3. The number of carbonyl (C=O) groups is 2. The van der Waals surface area contributed by atoms with Crippen LogP contribution in [0.2, 0.25) is 0 Å². The van der Waals surface area contributed by atoms with Crippen LogP contribution in [0.3, 0.4) is 0 Å². The van der Waals surface area contributed by atoms with E-state index in [1.54, 1.807) is 31.3 Å². The molecule has 0 aromatic heterocycles. The topological polar surface area (TPSA) is 81.1 Å². The second kappa shape index (κ2) is 9.78. The average molecular weight is 412 g/mol. The molecule has 1 atom stereocenters. The van der Waals surface area contributed by atoms with Gasteiger partial charge < -0.3 is 25.0 Å². The summed E-state index contributed by atoms with van der Waals surface area (Å²) in [5, 5.41) is 5.27. The summed E-state index contributed by atoms with van der Waals surface area (Å²) in [6, 6.07) is 11.7. The summed E-state index contributed by atoms with van der Waals surface area (Å²) >= 11 is 0. The summed E-state index contributed by atoms with van der Waals surface area (Å²) in [4.78, 5) is 24.8. The van der Waals surface area contributed by atoms with Gasteiger partial charge in [-0.05, 0) is 36.4 Å². The molecule has 0 fully saturated rings. The number of methoxy groups -OCH3 is 1. The number of quaternary nitrogens is 1. The third-order valence-corrected chi connectivity index (χ3v) is 3.65. The Morgan fingerprint density at radius 2 is 1.52 bits per heavy atom. The SMILES string of the molecule is COc1cccc(NC(=O)C[NH+](C)CC(=O)Nc2ccc(OC(F)(F)F)cc2)c1. The van der Waals surface area contributed by atoms with Crippen molar-refractivity contribution in [1.82, 2.24) is 0 Å². The van der Waals surface area contributed by atoms with Crippen LogP contribution < -0.4 is 25.0 Å². The lowest BCUT2D eigenvalue weighted by Gasteiger charge is -2.14. The molecule has 0 saturated carbocycles. The van der Waals surface area contributed by atoms with Gasteiger partial charge in [0.15, 0.2) is 13.1 Å². The largest absolute Gasteiger partial charge is 0.573 e. The summed E-state index contributed by atoms with van der Waals surface area (Å²) in [6.45, 7) is 0.0370. The van der Waals surface area contributed by atoms with Crippen molar-refractivity contribution in [3.8, 4) is 11.5 Å². The van der Waals surface area contributed by atoms with Gasteiger partial charge in [0.1, 0.15) is 11.5 Å². The summed E-state index contributed by atoms with van der Waals surface area (Å²) in [5.41, 5.74) is 0.894. The first-order chi connectivity index (χ1) is 13.6. The predicted molar refractivity (Wildman–Crippen MR) is 100.0 cm³/mol.